The molecule has 0 spiro atoms. The van der Waals surface area contributed by atoms with E-state index in [0.717, 1.165) is 44.6 Å². The number of aryl methyl sites for hydroxylation is 3. The molecule has 0 saturated heterocycles. The zero-order valence-electron chi connectivity index (χ0n) is 34.8. The van der Waals surface area contributed by atoms with Crippen LogP contribution >= 0.6 is 0 Å². The molecule has 1 atom stereocenters. The van der Waals surface area contributed by atoms with Crippen LogP contribution in [0, 0.1) is 50.7 Å². The van der Waals surface area contributed by atoms with Crippen molar-refractivity contribution in [3.8, 4) is 17.3 Å². The minimum atomic E-state index is -0.372. The predicted octanol–water partition coefficient (Wildman–Crippen LogP) is 12.5. The van der Waals surface area contributed by atoms with E-state index in [4.69, 9.17) is 14.7 Å². The number of para-hydroxylation sites is 2. The van der Waals surface area contributed by atoms with Crippen molar-refractivity contribution in [2.45, 2.75) is 107 Å². The molecule has 0 unspecified atom stereocenters. The second kappa shape index (κ2) is 14.7. The minimum Gasteiger partial charge on any atom is -0.503 e. The maximum absolute atomic E-state index is 6.73. The van der Waals surface area contributed by atoms with Gasteiger partial charge in [-0.3, -0.25) is 0 Å². The van der Waals surface area contributed by atoms with Gasteiger partial charge in [0.15, 0.2) is 0 Å². The average Bonchev–Trinajstić information content (AvgIpc) is 3.51. The summed E-state index contributed by atoms with van der Waals surface area (Å²) in [5.74, 6) is 4.30. The van der Waals surface area contributed by atoms with Gasteiger partial charge in [0.2, 0.25) is 0 Å². The number of anilines is 1. The molecule has 0 radical (unpaired) electrons. The molecule has 0 N–H and O–H groups in total. The first-order valence-corrected chi connectivity index (χ1v) is 19.5. The van der Waals surface area contributed by atoms with Gasteiger partial charge in [-0.2, -0.15) is 6.07 Å². The summed E-state index contributed by atoms with van der Waals surface area (Å²) in [5.41, 5.74) is 8.20. The molecule has 1 aliphatic heterocycles. The summed E-state index contributed by atoms with van der Waals surface area (Å²) in [6.07, 6.45) is 1.91. The summed E-state index contributed by atoms with van der Waals surface area (Å²) in [6, 6.07) is 35.1. The number of benzene rings is 4. The molecule has 0 fully saturated rings. The van der Waals surface area contributed by atoms with Crippen molar-refractivity contribution < 1.29 is 25.8 Å². The third kappa shape index (κ3) is 6.96. The fourth-order valence-electron chi connectivity index (χ4n) is 9.33. The Hall–Kier alpha value is -4.21. The van der Waals surface area contributed by atoms with Crippen LogP contribution in [0.5, 0.6) is 11.5 Å². The van der Waals surface area contributed by atoms with E-state index in [-0.39, 0.29) is 37.6 Å². The van der Waals surface area contributed by atoms with Crippen LogP contribution in [-0.4, -0.2) is 26.5 Å². The number of rotatable bonds is 8. The van der Waals surface area contributed by atoms with Crippen molar-refractivity contribution in [3.63, 3.8) is 0 Å². The Morgan fingerprint density at radius 3 is 2.07 bits per heavy atom. The maximum atomic E-state index is 6.73. The molecule has 7 rings (SSSR count). The van der Waals surface area contributed by atoms with Gasteiger partial charge in [0.1, 0.15) is 5.82 Å². The fourth-order valence-corrected chi connectivity index (χ4v) is 9.33. The minimum absolute atomic E-state index is 0. The van der Waals surface area contributed by atoms with Crippen LogP contribution < -0.4 is 9.64 Å². The fraction of sp³-hybridized carbons (Fsp3) is 0.388. The number of pyridine rings is 1. The standard InChI is InChI=1S/C49H56N4O.Pt/c1-30(2)44(31(3)4)49(13)48(11,12)53(45-33(6)17-16-18-34(45)7)46(51-49)35-25-32(5)26-38(27-35)54-37-21-22-40-39-19-14-15-20-41(39)52(42(40)29-37)43-28-36(23-24-50-43)47(8,9)10;/h14-26,28,30-31,44H,1-13H3;/q-2;+2/t49-;/m1./s1. The van der Waals surface area contributed by atoms with Crippen molar-refractivity contribution in [1.29, 1.82) is 0 Å². The van der Waals surface area contributed by atoms with Gasteiger partial charge in [-0.15, -0.1) is 34.7 Å². The number of hydrogen-bond donors (Lipinski definition) is 0. The molecule has 4 aromatic carbocycles. The Bertz CT molecular complexity index is 2380. The maximum Gasteiger partial charge on any atom is 2.00 e. The summed E-state index contributed by atoms with van der Waals surface area (Å²) in [7, 11) is 0. The van der Waals surface area contributed by atoms with Crippen LogP contribution in [0.4, 0.5) is 5.69 Å². The second-order valence-electron chi connectivity index (χ2n) is 17.9. The summed E-state index contributed by atoms with van der Waals surface area (Å²) >= 11 is 0. The molecular formula is C49H56N4OPt. The number of aliphatic imine (C=N–C) groups is 1. The van der Waals surface area contributed by atoms with Gasteiger partial charge in [-0.1, -0.05) is 109 Å². The van der Waals surface area contributed by atoms with Gasteiger partial charge in [0.25, 0.3) is 0 Å². The molecule has 6 heteroatoms. The van der Waals surface area contributed by atoms with Crippen LogP contribution in [0.25, 0.3) is 27.6 Å². The van der Waals surface area contributed by atoms with E-state index in [1.54, 1.807) is 0 Å². The van der Waals surface area contributed by atoms with E-state index in [9.17, 15) is 0 Å². The number of ether oxygens (including phenoxy) is 1. The summed E-state index contributed by atoms with van der Waals surface area (Å²) in [4.78, 5) is 13.1. The van der Waals surface area contributed by atoms with Crippen molar-refractivity contribution in [3.05, 3.63) is 125 Å². The van der Waals surface area contributed by atoms with Crippen molar-refractivity contribution in [1.82, 2.24) is 9.55 Å². The average molecular weight is 912 g/mol. The largest absolute Gasteiger partial charge is 2.00 e. The molecule has 288 valence electrons. The van der Waals surface area contributed by atoms with E-state index < -0.39 is 0 Å². The third-order valence-electron chi connectivity index (χ3n) is 11.9. The van der Waals surface area contributed by atoms with Crippen LogP contribution in [0.1, 0.15) is 97.1 Å². The molecule has 0 bridgehead atoms. The smallest absolute Gasteiger partial charge is 0.503 e. The Labute approximate surface area is 343 Å². The topological polar surface area (TPSA) is 42.6 Å². The molecule has 0 saturated carbocycles. The zero-order valence-corrected chi connectivity index (χ0v) is 37.1. The summed E-state index contributed by atoms with van der Waals surface area (Å²) in [5, 5.41) is 2.26. The Kier molecular flexibility index (Phi) is 10.8. The zero-order chi connectivity index (χ0) is 38.9. The van der Waals surface area contributed by atoms with Crippen LogP contribution in [0.2, 0.25) is 0 Å². The molecule has 5 nitrogen and oxygen atoms in total. The van der Waals surface area contributed by atoms with Gasteiger partial charge >= 0.3 is 21.1 Å². The Morgan fingerprint density at radius 1 is 0.745 bits per heavy atom. The Balaban J connectivity index is 0.00000514. The molecule has 1 aliphatic rings. The molecule has 3 heterocycles. The Morgan fingerprint density at radius 2 is 1.42 bits per heavy atom. The SMILES string of the molecule is Cc1cc(Oc2[c-]c3c(cc2)c2ccccc2n3-c2cc(C(C)(C)C)ccn2)[c-]c(C2=N[C@](C)(C(C(C)C)C(C)C)C(C)(C)N2c2c(C)cccc2C)c1.[Pt+2]. The normalized spacial score (nSPS) is 17.1. The number of fused-ring (bicyclic) bond motifs is 3. The molecular weight excluding hydrogens is 856 g/mol. The van der Waals surface area contributed by atoms with Crippen molar-refractivity contribution in [2.75, 3.05) is 4.90 Å². The van der Waals surface area contributed by atoms with Gasteiger partial charge in [0, 0.05) is 28.9 Å². The molecule has 0 amide bonds. The van der Waals surface area contributed by atoms with Crippen LogP contribution in [0.15, 0.2) is 90.1 Å². The van der Waals surface area contributed by atoms with E-state index in [1.807, 2.05) is 12.3 Å². The van der Waals surface area contributed by atoms with Crippen molar-refractivity contribution >= 4 is 33.3 Å². The molecule has 55 heavy (non-hydrogen) atoms. The predicted molar refractivity (Wildman–Crippen MR) is 227 cm³/mol. The van der Waals surface area contributed by atoms with Gasteiger partial charge in [-0.05, 0) is 98.1 Å². The monoisotopic (exact) mass is 911 g/mol. The van der Waals surface area contributed by atoms with E-state index in [0.29, 0.717) is 29.3 Å². The van der Waals surface area contributed by atoms with Gasteiger partial charge in [-0.25, -0.2) is 4.98 Å². The quantitative estimate of drug-likeness (QED) is 0.143. The van der Waals surface area contributed by atoms with Gasteiger partial charge in [0.05, 0.1) is 16.9 Å². The van der Waals surface area contributed by atoms with Crippen molar-refractivity contribution in [2.24, 2.45) is 22.7 Å². The first-order valence-electron chi connectivity index (χ1n) is 19.5. The molecule has 6 aromatic rings. The number of amidine groups is 1. The van der Waals surface area contributed by atoms with Crippen LogP contribution in [-0.2, 0) is 26.5 Å². The molecule has 2 aromatic heterocycles. The second-order valence-corrected chi connectivity index (χ2v) is 17.9. The van der Waals surface area contributed by atoms with E-state index in [2.05, 4.69) is 184 Å². The van der Waals surface area contributed by atoms with Gasteiger partial charge < -0.3 is 19.2 Å². The van der Waals surface area contributed by atoms with E-state index in [1.165, 1.54) is 22.4 Å². The summed E-state index contributed by atoms with van der Waals surface area (Å²) in [6.45, 7) is 29.7. The number of nitrogens with zero attached hydrogens (tertiary/aromatic N) is 4. The number of hydrogen-bond acceptors (Lipinski definition) is 4. The first-order chi connectivity index (χ1) is 25.4. The van der Waals surface area contributed by atoms with Crippen LogP contribution in [0.3, 0.4) is 0 Å². The third-order valence-corrected chi connectivity index (χ3v) is 11.9. The molecule has 0 aliphatic carbocycles. The first kappa shape index (κ1) is 40.5. The van der Waals surface area contributed by atoms with E-state index >= 15 is 0 Å². The number of aromatic nitrogens is 2. The summed E-state index contributed by atoms with van der Waals surface area (Å²) < 4.78 is 8.94.